The second kappa shape index (κ2) is 8.05. The van der Waals surface area contributed by atoms with Crippen LogP contribution in [0.5, 0.6) is 0 Å². The molecular weight excluding hydrogens is 408 g/mol. The summed E-state index contributed by atoms with van der Waals surface area (Å²) in [5, 5.41) is 10.9. The lowest BCUT2D eigenvalue weighted by atomic mass is 9.94. The standard InChI is InChI=1S/C24H34N4O4/c1-13(2)19-18-16(11-17(14-7-8-14)26-21(18)32-28-19)20(29)27-24(6,15-9-10-15)12-25-22(30)31-23(3,4)5/h11,13-15H,7-10,12H2,1-6H3,(H,25,30)(H,27,29). The summed E-state index contributed by atoms with van der Waals surface area (Å²) in [6.45, 7) is 11.8. The molecular formula is C24H34N4O4. The highest BCUT2D eigenvalue weighted by Gasteiger charge is 2.43. The third kappa shape index (κ3) is 4.89. The van der Waals surface area contributed by atoms with E-state index < -0.39 is 17.2 Å². The predicted molar refractivity (Wildman–Crippen MR) is 121 cm³/mol. The number of rotatable bonds is 7. The number of hydrogen-bond donors (Lipinski definition) is 2. The van der Waals surface area contributed by atoms with Crippen LogP contribution < -0.4 is 10.6 Å². The van der Waals surface area contributed by atoms with E-state index in [-0.39, 0.29) is 11.8 Å². The quantitative estimate of drug-likeness (QED) is 0.647. The van der Waals surface area contributed by atoms with Crippen molar-refractivity contribution in [2.24, 2.45) is 5.92 Å². The van der Waals surface area contributed by atoms with Gasteiger partial charge in [-0.3, -0.25) is 4.79 Å². The Morgan fingerprint density at radius 2 is 1.88 bits per heavy atom. The normalized spacial score (nSPS) is 18.5. The molecule has 2 aromatic rings. The molecule has 2 aromatic heterocycles. The molecule has 2 aliphatic rings. The molecule has 0 aromatic carbocycles. The molecule has 0 spiro atoms. The number of aromatic nitrogens is 2. The van der Waals surface area contributed by atoms with Crippen molar-refractivity contribution in [2.45, 2.75) is 90.2 Å². The molecule has 1 atom stereocenters. The topological polar surface area (TPSA) is 106 Å². The van der Waals surface area contributed by atoms with E-state index in [1.165, 1.54) is 0 Å². The highest BCUT2D eigenvalue weighted by Crippen LogP contribution is 2.42. The summed E-state index contributed by atoms with van der Waals surface area (Å²) in [5.74, 6) is 0.584. The van der Waals surface area contributed by atoms with Crippen molar-refractivity contribution in [2.75, 3.05) is 6.54 Å². The number of carbonyl (C=O) groups excluding carboxylic acids is 2. The second-order valence-electron chi connectivity index (χ2n) is 10.8. The molecule has 2 amide bonds. The number of ether oxygens (including phenoxy) is 1. The third-order valence-corrected chi connectivity index (χ3v) is 6.16. The largest absolute Gasteiger partial charge is 0.444 e. The van der Waals surface area contributed by atoms with Crippen LogP contribution in [0.15, 0.2) is 10.6 Å². The first-order valence-electron chi connectivity index (χ1n) is 11.6. The van der Waals surface area contributed by atoms with Crippen LogP contribution in [0.4, 0.5) is 4.79 Å². The molecule has 0 saturated heterocycles. The van der Waals surface area contributed by atoms with Crippen molar-refractivity contribution in [3.05, 3.63) is 23.0 Å². The predicted octanol–water partition coefficient (Wildman–Crippen LogP) is 4.65. The molecule has 8 heteroatoms. The summed E-state index contributed by atoms with van der Waals surface area (Å²) in [5.41, 5.74) is 1.42. The van der Waals surface area contributed by atoms with Gasteiger partial charge in [0.25, 0.3) is 11.6 Å². The summed E-state index contributed by atoms with van der Waals surface area (Å²) in [6.07, 6.45) is 3.68. The van der Waals surface area contributed by atoms with Gasteiger partial charge in [-0.25, -0.2) is 9.78 Å². The zero-order valence-corrected chi connectivity index (χ0v) is 19.9. The molecule has 0 aliphatic heterocycles. The summed E-state index contributed by atoms with van der Waals surface area (Å²) in [7, 11) is 0. The van der Waals surface area contributed by atoms with Gasteiger partial charge in [-0.15, -0.1) is 0 Å². The highest BCUT2D eigenvalue weighted by molar-refractivity contribution is 6.06. The van der Waals surface area contributed by atoms with E-state index in [1.54, 1.807) is 0 Å². The fourth-order valence-electron chi connectivity index (χ4n) is 4.06. The molecule has 2 fully saturated rings. The molecule has 0 bridgehead atoms. The summed E-state index contributed by atoms with van der Waals surface area (Å²) in [4.78, 5) is 30.4. The van der Waals surface area contributed by atoms with Crippen molar-refractivity contribution in [1.82, 2.24) is 20.8 Å². The van der Waals surface area contributed by atoms with Crippen LogP contribution >= 0.6 is 0 Å². The number of hydrogen-bond acceptors (Lipinski definition) is 6. The Kier molecular flexibility index (Phi) is 5.67. The fraction of sp³-hybridized carbons (Fsp3) is 0.667. The van der Waals surface area contributed by atoms with Crippen molar-refractivity contribution >= 4 is 23.1 Å². The maximum atomic E-state index is 13.6. The molecule has 2 aliphatic carbocycles. The average molecular weight is 443 g/mol. The molecule has 2 saturated carbocycles. The first kappa shape index (κ1) is 22.6. The van der Waals surface area contributed by atoms with Crippen LogP contribution in [0, 0.1) is 5.92 Å². The summed E-state index contributed by atoms with van der Waals surface area (Å²) in [6, 6.07) is 1.90. The number of carbonyl (C=O) groups is 2. The fourth-order valence-corrected chi connectivity index (χ4v) is 4.06. The van der Waals surface area contributed by atoms with Crippen molar-refractivity contribution in [1.29, 1.82) is 0 Å². The van der Waals surface area contributed by atoms with Crippen molar-refractivity contribution in [3.8, 4) is 0 Å². The minimum Gasteiger partial charge on any atom is -0.444 e. The van der Waals surface area contributed by atoms with Gasteiger partial charge in [0.2, 0.25) is 0 Å². The van der Waals surface area contributed by atoms with E-state index in [9.17, 15) is 9.59 Å². The molecule has 4 rings (SSSR count). The minimum absolute atomic E-state index is 0.0972. The van der Waals surface area contributed by atoms with E-state index in [4.69, 9.17) is 9.26 Å². The number of fused-ring (bicyclic) bond motifs is 1. The Morgan fingerprint density at radius 3 is 2.44 bits per heavy atom. The monoisotopic (exact) mass is 442 g/mol. The summed E-state index contributed by atoms with van der Waals surface area (Å²) >= 11 is 0. The van der Waals surface area contributed by atoms with Gasteiger partial charge in [-0.1, -0.05) is 19.0 Å². The van der Waals surface area contributed by atoms with Gasteiger partial charge >= 0.3 is 6.09 Å². The molecule has 0 radical (unpaired) electrons. The Hall–Kier alpha value is -2.64. The van der Waals surface area contributed by atoms with Gasteiger partial charge < -0.3 is 19.9 Å². The van der Waals surface area contributed by atoms with E-state index in [1.807, 2.05) is 47.6 Å². The first-order chi connectivity index (χ1) is 15.0. The van der Waals surface area contributed by atoms with Gasteiger partial charge in [0.1, 0.15) is 5.60 Å². The minimum atomic E-state index is -0.585. The number of pyridine rings is 1. The smallest absolute Gasteiger partial charge is 0.407 e. The Balaban J connectivity index is 1.60. The number of nitrogens with one attached hydrogen (secondary N) is 2. The lowest BCUT2D eigenvalue weighted by Gasteiger charge is -2.32. The molecule has 2 heterocycles. The van der Waals surface area contributed by atoms with Crippen LogP contribution in [0.25, 0.3) is 11.1 Å². The Morgan fingerprint density at radius 1 is 1.19 bits per heavy atom. The van der Waals surface area contributed by atoms with Crippen molar-refractivity contribution in [3.63, 3.8) is 0 Å². The molecule has 1 unspecified atom stereocenters. The molecule has 174 valence electrons. The highest BCUT2D eigenvalue weighted by atomic mass is 16.6. The van der Waals surface area contributed by atoms with Crippen LogP contribution in [-0.2, 0) is 4.74 Å². The van der Waals surface area contributed by atoms with Crippen molar-refractivity contribution < 1.29 is 18.8 Å². The average Bonchev–Trinajstić information content (AvgIpc) is 3.59. The SMILES string of the molecule is CC(C)c1noc2nc(C3CC3)cc(C(=O)NC(C)(CNC(=O)OC(C)(C)C)C3CC3)c12. The molecule has 8 nitrogen and oxygen atoms in total. The maximum absolute atomic E-state index is 13.6. The number of alkyl carbamates (subject to hydrolysis) is 1. The zero-order valence-electron chi connectivity index (χ0n) is 19.9. The van der Waals surface area contributed by atoms with E-state index in [0.29, 0.717) is 35.0 Å². The van der Waals surface area contributed by atoms with E-state index in [2.05, 4.69) is 20.8 Å². The first-order valence-corrected chi connectivity index (χ1v) is 11.6. The molecule has 2 N–H and O–H groups in total. The van der Waals surface area contributed by atoms with E-state index in [0.717, 1.165) is 37.1 Å². The van der Waals surface area contributed by atoms with Crippen LogP contribution in [0.2, 0.25) is 0 Å². The third-order valence-electron chi connectivity index (χ3n) is 6.16. The number of amides is 2. The lowest BCUT2D eigenvalue weighted by molar-refractivity contribution is 0.0502. The summed E-state index contributed by atoms with van der Waals surface area (Å²) < 4.78 is 10.9. The maximum Gasteiger partial charge on any atom is 0.407 e. The van der Waals surface area contributed by atoms with E-state index >= 15 is 0 Å². The van der Waals surface area contributed by atoms with Gasteiger partial charge in [-0.05, 0) is 71.3 Å². The van der Waals surface area contributed by atoms with Crippen LogP contribution in [0.1, 0.15) is 101 Å². The lowest BCUT2D eigenvalue weighted by Crippen LogP contribution is -2.55. The number of nitrogens with zero attached hydrogens (tertiary/aromatic N) is 2. The van der Waals surface area contributed by atoms with Gasteiger partial charge in [0.15, 0.2) is 0 Å². The zero-order chi connectivity index (χ0) is 23.3. The van der Waals surface area contributed by atoms with Gasteiger partial charge in [-0.2, -0.15) is 0 Å². The Bertz CT molecular complexity index is 1030. The van der Waals surface area contributed by atoms with Gasteiger partial charge in [0.05, 0.1) is 22.2 Å². The molecule has 32 heavy (non-hydrogen) atoms. The van der Waals surface area contributed by atoms with Gasteiger partial charge in [0, 0.05) is 18.2 Å². The Labute approximate surface area is 188 Å². The van der Waals surface area contributed by atoms with Crippen LogP contribution in [0.3, 0.4) is 0 Å². The van der Waals surface area contributed by atoms with Crippen LogP contribution in [-0.4, -0.2) is 39.8 Å². The second-order valence-corrected chi connectivity index (χ2v) is 10.8.